The molecule has 16 heavy (non-hydrogen) atoms. The minimum Gasteiger partial charge on any atom is -0.382 e. The number of nitrogen functional groups attached to an aromatic ring is 1. The monoisotopic (exact) mass is 233 g/mol. The molecule has 0 bridgehead atoms. The van der Waals surface area contributed by atoms with Gasteiger partial charge in [-0.3, -0.25) is 0 Å². The third kappa shape index (κ3) is 2.25. The van der Waals surface area contributed by atoms with Gasteiger partial charge in [0.2, 0.25) is 0 Å². The minimum absolute atomic E-state index is 0.471. The van der Waals surface area contributed by atoms with Gasteiger partial charge in [-0.25, -0.2) is 4.98 Å². The normalized spacial score (nSPS) is 10.1. The Morgan fingerprint density at radius 2 is 2.12 bits per heavy atom. The van der Waals surface area contributed by atoms with Gasteiger partial charge in [0.1, 0.15) is 5.82 Å². The Morgan fingerprint density at radius 1 is 1.31 bits per heavy atom. The first-order chi connectivity index (χ1) is 7.66. The molecule has 2 rings (SSSR count). The second kappa shape index (κ2) is 4.41. The fourth-order valence-electron chi connectivity index (χ4n) is 1.35. The summed E-state index contributed by atoms with van der Waals surface area (Å²) in [6, 6.07) is 9.47. The number of aromatic nitrogens is 1. The summed E-state index contributed by atoms with van der Waals surface area (Å²) in [5.41, 5.74) is 8.46. The van der Waals surface area contributed by atoms with Crippen LogP contribution in [0.15, 0.2) is 36.5 Å². The van der Waals surface area contributed by atoms with Crippen LogP contribution in [-0.2, 0) is 0 Å². The van der Waals surface area contributed by atoms with E-state index in [1.165, 1.54) is 0 Å². The lowest BCUT2D eigenvalue weighted by Gasteiger charge is -2.09. The molecular formula is C12H12ClN3. The Hall–Kier alpha value is -1.74. The van der Waals surface area contributed by atoms with Gasteiger partial charge in [-0.05, 0) is 36.8 Å². The molecule has 1 heterocycles. The SMILES string of the molecule is Cc1ccc(Nc2cccnc2N)cc1Cl. The van der Waals surface area contributed by atoms with Crippen LogP contribution < -0.4 is 11.1 Å². The van der Waals surface area contributed by atoms with Gasteiger partial charge in [0, 0.05) is 16.9 Å². The summed E-state index contributed by atoms with van der Waals surface area (Å²) in [6.07, 6.45) is 1.66. The number of aryl methyl sites for hydroxylation is 1. The zero-order valence-corrected chi connectivity index (χ0v) is 9.62. The van der Waals surface area contributed by atoms with Gasteiger partial charge in [0.05, 0.1) is 5.69 Å². The largest absolute Gasteiger partial charge is 0.382 e. The fraction of sp³-hybridized carbons (Fsp3) is 0.0833. The topological polar surface area (TPSA) is 50.9 Å². The average molecular weight is 234 g/mol. The summed E-state index contributed by atoms with van der Waals surface area (Å²) >= 11 is 6.03. The fourth-order valence-corrected chi connectivity index (χ4v) is 1.53. The second-order valence-corrected chi connectivity index (χ2v) is 3.93. The molecule has 3 nitrogen and oxygen atoms in total. The number of anilines is 3. The Kier molecular flexibility index (Phi) is 2.97. The van der Waals surface area contributed by atoms with Gasteiger partial charge in [-0.1, -0.05) is 17.7 Å². The number of rotatable bonds is 2. The molecule has 0 amide bonds. The van der Waals surface area contributed by atoms with E-state index in [1.54, 1.807) is 6.20 Å². The molecule has 1 aromatic carbocycles. The molecule has 0 radical (unpaired) electrons. The van der Waals surface area contributed by atoms with Crippen LogP contribution in [0.2, 0.25) is 5.02 Å². The van der Waals surface area contributed by atoms with E-state index in [1.807, 2.05) is 37.3 Å². The molecular weight excluding hydrogens is 222 g/mol. The van der Waals surface area contributed by atoms with E-state index in [-0.39, 0.29) is 0 Å². The molecule has 82 valence electrons. The molecule has 2 aromatic rings. The van der Waals surface area contributed by atoms with Crippen molar-refractivity contribution in [3.8, 4) is 0 Å². The van der Waals surface area contributed by atoms with Crippen LogP contribution in [0.3, 0.4) is 0 Å². The van der Waals surface area contributed by atoms with Crippen molar-refractivity contribution in [3.63, 3.8) is 0 Å². The maximum absolute atomic E-state index is 6.03. The van der Waals surface area contributed by atoms with Crippen molar-refractivity contribution in [2.45, 2.75) is 6.92 Å². The number of nitrogens with zero attached hydrogens (tertiary/aromatic N) is 1. The van der Waals surface area contributed by atoms with Crippen molar-refractivity contribution in [1.29, 1.82) is 0 Å². The molecule has 0 fully saturated rings. The summed E-state index contributed by atoms with van der Waals surface area (Å²) in [5.74, 6) is 0.471. The van der Waals surface area contributed by atoms with Crippen LogP contribution in [0, 0.1) is 6.92 Å². The smallest absolute Gasteiger partial charge is 0.147 e. The number of pyridine rings is 1. The van der Waals surface area contributed by atoms with Crippen molar-refractivity contribution < 1.29 is 0 Å². The van der Waals surface area contributed by atoms with Gasteiger partial charge in [0.15, 0.2) is 0 Å². The van der Waals surface area contributed by atoms with Crippen LogP contribution in [0.4, 0.5) is 17.2 Å². The lowest BCUT2D eigenvalue weighted by Crippen LogP contribution is -1.98. The number of nitrogens with one attached hydrogen (secondary N) is 1. The zero-order valence-electron chi connectivity index (χ0n) is 8.87. The third-order valence-corrected chi connectivity index (χ3v) is 2.70. The average Bonchev–Trinajstić information content (AvgIpc) is 2.27. The molecule has 0 atom stereocenters. The number of hydrogen-bond donors (Lipinski definition) is 2. The van der Waals surface area contributed by atoms with Crippen LogP contribution in [-0.4, -0.2) is 4.98 Å². The highest BCUT2D eigenvalue weighted by Crippen LogP contribution is 2.24. The number of hydrogen-bond acceptors (Lipinski definition) is 3. The lowest BCUT2D eigenvalue weighted by atomic mass is 10.2. The summed E-state index contributed by atoms with van der Waals surface area (Å²) < 4.78 is 0. The Balaban J connectivity index is 2.28. The van der Waals surface area contributed by atoms with Gasteiger partial charge >= 0.3 is 0 Å². The molecule has 0 spiro atoms. The third-order valence-electron chi connectivity index (χ3n) is 2.29. The van der Waals surface area contributed by atoms with Crippen molar-refractivity contribution in [2.24, 2.45) is 0 Å². The summed E-state index contributed by atoms with van der Waals surface area (Å²) in [5, 5.41) is 3.90. The predicted molar refractivity (Wildman–Crippen MR) is 68.1 cm³/mol. The Labute approximate surface area is 99.3 Å². The molecule has 0 aliphatic rings. The highest BCUT2D eigenvalue weighted by Gasteiger charge is 2.01. The molecule has 3 N–H and O–H groups in total. The summed E-state index contributed by atoms with van der Waals surface area (Å²) in [4.78, 5) is 4.00. The van der Waals surface area contributed by atoms with E-state index >= 15 is 0 Å². The van der Waals surface area contributed by atoms with Gasteiger partial charge in [0.25, 0.3) is 0 Å². The van der Waals surface area contributed by atoms with E-state index in [0.717, 1.165) is 22.0 Å². The highest BCUT2D eigenvalue weighted by atomic mass is 35.5. The first-order valence-electron chi connectivity index (χ1n) is 4.90. The van der Waals surface area contributed by atoms with Gasteiger partial charge in [-0.2, -0.15) is 0 Å². The molecule has 4 heteroatoms. The van der Waals surface area contributed by atoms with Crippen LogP contribution in [0.1, 0.15) is 5.56 Å². The van der Waals surface area contributed by atoms with E-state index < -0.39 is 0 Å². The molecule has 0 aliphatic heterocycles. The number of nitrogens with two attached hydrogens (primary N) is 1. The van der Waals surface area contributed by atoms with E-state index in [2.05, 4.69) is 10.3 Å². The maximum Gasteiger partial charge on any atom is 0.147 e. The van der Waals surface area contributed by atoms with Crippen LogP contribution in [0.25, 0.3) is 0 Å². The predicted octanol–water partition coefficient (Wildman–Crippen LogP) is 3.37. The van der Waals surface area contributed by atoms with Crippen molar-refractivity contribution in [3.05, 3.63) is 47.1 Å². The maximum atomic E-state index is 6.03. The Bertz CT molecular complexity index is 511. The number of benzene rings is 1. The standard InChI is InChI=1S/C12H12ClN3/c1-8-4-5-9(7-10(8)13)16-11-3-2-6-15-12(11)14/h2-7,16H,1H3,(H2,14,15). The molecule has 0 saturated heterocycles. The number of halogens is 1. The molecule has 0 saturated carbocycles. The summed E-state index contributed by atoms with van der Waals surface area (Å²) in [7, 11) is 0. The summed E-state index contributed by atoms with van der Waals surface area (Å²) in [6.45, 7) is 1.96. The molecule has 1 aromatic heterocycles. The van der Waals surface area contributed by atoms with Gasteiger partial charge in [-0.15, -0.1) is 0 Å². The van der Waals surface area contributed by atoms with Crippen LogP contribution >= 0.6 is 11.6 Å². The molecule has 0 unspecified atom stereocenters. The zero-order chi connectivity index (χ0) is 11.5. The first kappa shape index (κ1) is 10.8. The van der Waals surface area contributed by atoms with Crippen molar-refractivity contribution in [2.75, 3.05) is 11.1 Å². The van der Waals surface area contributed by atoms with E-state index in [0.29, 0.717) is 5.82 Å². The van der Waals surface area contributed by atoms with Gasteiger partial charge < -0.3 is 11.1 Å². The first-order valence-corrected chi connectivity index (χ1v) is 5.28. The van der Waals surface area contributed by atoms with E-state index in [9.17, 15) is 0 Å². The van der Waals surface area contributed by atoms with Crippen LogP contribution in [0.5, 0.6) is 0 Å². The Morgan fingerprint density at radius 3 is 2.81 bits per heavy atom. The second-order valence-electron chi connectivity index (χ2n) is 3.53. The molecule has 0 aliphatic carbocycles. The van der Waals surface area contributed by atoms with E-state index in [4.69, 9.17) is 17.3 Å². The minimum atomic E-state index is 0.471. The quantitative estimate of drug-likeness (QED) is 0.836. The van der Waals surface area contributed by atoms with Crippen molar-refractivity contribution in [1.82, 2.24) is 4.98 Å². The highest BCUT2D eigenvalue weighted by molar-refractivity contribution is 6.31. The van der Waals surface area contributed by atoms with Crippen molar-refractivity contribution >= 4 is 28.8 Å². The lowest BCUT2D eigenvalue weighted by molar-refractivity contribution is 1.33.